The van der Waals surface area contributed by atoms with Crippen molar-refractivity contribution in [3.8, 4) is 0 Å². The van der Waals surface area contributed by atoms with Crippen molar-refractivity contribution in [1.82, 2.24) is 14.8 Å². The molecule has 6 nitrogen and oxygen atoms in total. The van der Waals surface area contributed by atoms with Gasteiger partial charge in [-0.05, 0) is 12.1 Å². The quantitative estimate of drug-likeness (QED) is 0.903. The third-order valence-electron chi connectivity index (χ3n) is 2.64. The van der Waals surface area contributed by atoms with Gasteiger partial charge in [0, 0.05) is 18.8 Å². The Morgan fingerprint density at radius 3 is 2.67 bits per heavy atom. The van der Waals surface area contributed by atoms with E-state index in [2.05, 4.69) is 15.4 Å². The molecule has 112 valence electrons. The fourth-order valence-electron chi connectivity index (χ4n) is 1.70. The average molecular weight is 300 g/mol. The molecule has 1 unspecified atom stereocenters. The van der Waals surface area contributed by atoms with Gasteiger partial charge in [-0.2, -0.15) is 18.3 Å². The van der Waals surface area contributed by atoms with E-state index in [1.54, 1.807) is 7.05 Å². The SMILES string of the molecule is Cn1cc(C(Nc2cccc(C(F)(F)F)n2)C(=O)O)cn1. The Kier molecular flexibility index (Phi) is 3.83. The van der Waals surface area contributed by atoms with E-state index in [0.717, 1.165) is 12.1 Å². The molecule has 0 fully saturated rings. The highest BCUT2D eigenvalue weighted by molar-refractivity contribution is 5.78. The number of halogens is 3. The van der Waals surface area contributed by atoms with Crippen LogP contribution in [0.5, 0.6) is 0 Å². The van der Waals surface area contributed by atoms with Crippen LogP contribution in [-0.4, -0.2) is 25.8 Å². The Bertz CT molecular complexity index is 654. The molecule has 0 radical (unpaired) electrons. The molecule has 0 aliphatic carbocycles. The van der Waals surface area contributed by atoms with Crippen molar-refractivity contribution in [2.24, 2.45) is 7.05 Å². The number of anilines is 1. The Labute approximate surface area is 117 Å². The first-order valence-electron chi connectivity index (χ1n) is 5.79. The summed E-state index contributed by atoms with van der Waals surface area (Å²) in [7, 11) is 1.60. The highest BCUT2D eigenvalue weighted by Crippen LogP contribution is 2.29. The van der Waals surface area contributed by atoms with E-state index in [1.807, 2.05) is 0 Å². The maximum Gasteiger partial charge on any atom is 0.433 e. The fourth-order valence-corrected chi connectivity index (χ4v) is 1.70. The van der Waals surface area contributed by atoms with Gasteiger partial charge < -0.3 is 10.4 Å². The van der Waals surface area contributed by atoms with Crippen molar-refractivity contribution >= 4 is 11.8 Å². The molecule has 0 bridgehead atoms. The summed E-state index contributed by atoms with van der Waals surface area (Å²) in [6.45, 7) is 0. The molecule has 0 amide bonds. The lowest BCUT2D eigenvalue weighted by atomic mass is 10.1. The summed E-state index contributed by atoms with van der Waals surface area (Å²) in [6, 6.07) is 1.99. The molecule has 0 aromatic carbocycles. The molecule has 0 saturated heterocycles. The second kappa shape index (κ2) is 5.43. The van der Waals surface area contributed by atoms with Crippen LogP contribution in [0.15, 0.2) is 30.6 Å². The molecule has 0 aliphatic rings. The molecule has 0 aliphatic heterocycles. The van der Waals surface area contributed by atoms with Crippen LogP contribution in [0.3, 0.4) is 0 Å². The van der Waals surface area contributed by atoms with Gasteiger partial charge in [-0.1, -0.05) is 6.07 Å². The highest BCUT2D eigenvalue weighted by atomic mass is 19.4. The third-order valence-corrected chi connectivity index (χ3v) is 2.64. The normalized spacial score (nSPS) is 13.0. The molecule has 2 aromatic rings. The number of aromatic nitrogens is 3. The van der Waals surface area contributed by atoms with Crippen LogP contribution in [0.1, 0.15) is 17.3 Å². The van der Waals surface area contributed by atoms with Gasteiger partial charge in [0.1, 0.15) is 11.5 Å². The summed E-state index contributed by atoms with van der Waals surface area (Å²) in [6.07, 6.45) is -1.82. The van der Waals surface area contributed by atoms with E-state index in [1.165, 1.54) is 23.1 Å². The molecule has 9 heteroatoms. The van der Waals surface area contributed by atoms with E-state index in [4.69, 9.17) is 0 Å². The van der Waals surface area contributed by atoms with Gasteiger partial charge in [-0.3, -0.25) is 4.68 Å². The maximum atomic E-state index is 12.6. The van der Waals surface area contributed by atoms with Gasteiger partial charge in [-0.25, -0.2) is 9.78 Å². The second-order valence-corrected chi connectivity index (χ2v) is 4.27. The number of rotatable bonds is 4. The maximum absolute atomic E-state index is 12.6. The molecule has 1 atom stereocenters. The number of aryl methyl sites for hydroxylation is 1. The van der Waals surface area contributed by atoms with E-state index in [9.17, 15) is 23.1 Å². The van der Waals surface area contributed by atoms with Crippen LogP contribution in [-0.2, 0) is 18.0 Å². The molecule has 2 rings (SSSR count). The number of hydrogen-bond donors (Lipinski definition) is 2. The summed E-state index contributed by atoms with van der Waals surface area (Å²) in [5, 5.41) is 15.5. The number of nitrogens with zero attached hydrogens (tertiary/aromatic N) is 3. The zero-order valence-electron chi connectivity index (χ0n) is 10.8. The Morgan fingerprint density at radius 1 is 1.43 bits per heavy atom. The van der Waals surface area contributed by atoms with Crippen molar-refractivity contribution in [3.63, 3.8) is 0 Å². The van der Waals surface area contributed by atoms with Gasteiger partial charge in [-0.15, -0.1) is 0 Å². The number of hydrogen-bond acceptors (Lipinski definition) is 4. The number of carbonyl (C=O) groups is 1. The third kappa shape index (κ3) is 3.50. The summed E-state index contributed by atoms with van der Waals surface area (Å²) in [4.78, 5) is 14.6. The zero-order chi connectivity index (χ0) is 15.6. The van der Waals surface area contributed by atoms with Crippen molar-refractivity contribution in [1.29, 1.82) is 0 Å². The molecule has 0 spiro atoms. The van der Waals surface area contributed by atoms with Crippen LogP contribution in [0.2, 0.25) is 0 Å². The van der Waals surface area contributed by atoms with Crippen molar-refractivity contribution < 1.29 is 23.1 Å². The molecular weight excluding hydrogens is 289 g/mol. The molecule has 2 heterocycles. The van der Waals surface area contributed by atoms with Crippen LogP contribution >= 0.6 is 0 Å². The van der Waals surface area contributed by atoms with E-state index < -0.39 is 23.9 Å². The van der Waals surface area contributed by atoms with Crippen molar-refractivity contribution in [2.75, 3.05) is 5.32 Å². The molecule has 21 heavy (non-hydrogen) atoms. The number of carboxylic acid groups (broad SMARTS) is 1. The largest absolute Gasteiger partial charge is 0.479 e. The average Bonchev–Trinajstić information content (AvgIpc) is 2.81. The van der Waals surface area contributed by atoms with Gasteiger partial charge >= 0.3 is 12.1 Å². The number of nitrogens with one attached hydrogen (secondary N) is 1. The first-order chi connectivity index (χ1) is 9.77. The van der Waals surface area contributed by atoms with Crippen LogP contribution < -0.4 is 5.32 Å². The fraction of sp³-hybridized carbons (Fsp3) is 0.250. The van der Waals surface area contributed by atoms with Crippen LogP contribution in [0.25, 0.3) is 0 Å². The van der Waals surface area contributed by atoms with Gasteiger partial charge in [0.15, 0.2) is 6.04 Å². The summed E-state index contributed by atoms with van der Waals surface area (Å²) < 4.78 is 39.1. The number of alkyl halides is 3. The lowest BCUT2D eigenvalue weighted by Gasteiger charge is -2.14. The number of pyridine rings is 1. The topological polar surface area (TPSA) is 80.0 Å². The van der Waals surface area contributed by atoms with E-state index >= 15 is 0 Å². The first kappa shape index (κ1) is 14.8. The zero-order valence-corrected chi connectivity index (χ0v) is 10.8. The first-order valence-corrected chi connectivity index (χ1v) is 5.79. The van der Waals surface area contributed by atoms with Crippen molar-refractivity contribution in [2.45, 2.75) is 12.2 Å². The molecule has 0 saturated carbocycles. The number of aliphatic carboxylic acids is 1. The van der Waals surface area contributed by atoms with E-state index in [-0.39, 0.29) is 5.82 Å². The summed E-state index contributed by atoms with van der Waals surface area (Å²) in [5.41, 5.74) is -0.785. The van der Waals surface area contributed by atoms with E-state index in [0.29, 0.717) is 5.56 Å². The highest BCUT2D eigenvalue weighted by Gasteiger charge is 2.33. The molecular formula is C12H11F3N4O2. The molecule has 2 aromatic heterocycles. The summed E-state index contributed by atoms with van der Waals surface area (Å²) in [5.74, 6) is -1.43. The minimum Gasteiger partial charge on any atom is -0.479 e. The standard InChI is InChI=1S/C12H11F3N4O2/c1-19-6-7(5-16-19)10(11(20)21)18-9-4-2-3-8(17-9)12(13,14)15/h2-6,10H,1H3,(H,17,18)(H,20,21). The predicted octanol–water partition coefficient (Wildman–Crippen LogP) is 2.07. The molecule has 2 N–H and O–H groups in total. The lowest BCUT2D eigenvalue weighted by Crippen LogP contribution is -2.21. The van der Waals surface area contributed by atoms with Crippen molar-refractivity contribution in [3.05, 3.63) is 41.9 Å². The minimum atomic E-state index is -4.59. The van der Waals surface area contributed by atoms with Gasteiger partial charge in [0.05, 0.1) is 6.20 Å². The van der Waals surface area contributed by atoms with Crippen LogP contribution in [0.4, 0.5) is 19.0 Å². The van der Waals surface area contributed by atoms with Gasteiger partial charge in [0.25, 0.3) is 0 Å². The summed E-state index contributed by atoms with van der Waals surface area (Å²) >= 11 is 0. The Morgan fingerprint density at radius 2 is 2.14 bits per heavy atom. The second-order valence-electron chi connectivity index (χ2n) is 4.27. The Balaban J connectivity index is 2.28. The predicted molar refractivity (Wildman–Crippen MR) is 66.4 cm³/mol. The smallest absolute Gasteiger partial charge is 0.433 e. The van der Waals surface area contributed by atoms with Crippen LogP contribution in [0, 0.1) is 0 Å². The monoisotopic (exact) mass is 300 g/mol. The number of carboxylic acids is 1. The minimum absolute atomic E-state index is 0.180. The van der Waals surface area contributed by atoms with Gasteiger partial charge in [0.2, 0.25) is 0 Å². The Hall–Kier alpha value is -2.58. The lowest BCUT2D eigenvalue weighted by molar-refractivity contribution is -0.141.